The predicted molar refractivity (Wildman–Crippen MR) is 95.3 cm³/mol. The molecule has 26 heavy (non-hydrogen) atoms. The number of carbonyl (C=O) groups excluding carboxylic acids is 1. The van der Waals surface area contributed by atoms with E-state index in [1.807, 2.05) is 30.0 Å². The largest absolute Gasteiger partial charge is 0.486 e. The molecule has 8 nitrogen and oxygen atoms in total. The van der Waals surface area contributed by atoms with E-state index in [0.717, 1.165) is 36.4 Å². The Morgan fingerprint density at radius 3 is 3.00 bits per heavy atom. The number of carbonyl (C=O) groups is 1. The van der Waals surface area contributed by atoms with Crippen LogP contribution in [-0.4, -0.2) is 56.5 Å². The fourth-order valence-electron chi connectivity index (χ4n) is 3.39. The van der Waals surface area contributed by atoms with Crippen LogP contribution in [0, 0.1) is 0 Å². The first kappa shape index (κ1) is 17.1. The molecule has 3 heterocycles. The van der Waals surface area contributed by atoms with E-state index in [1.165, 1.54) is 11.8 Å². The number of hydrogen-bond acceptors (Lipinski definition) is 7. The van der Waals surface area contributed by atoms with E-state index in [9.17, 15) is 4.79 Å². The van der Waals surface area contributed by atoms with E-state index < -0.39 is 0 Å². The number of rotatable bonds is 5. The van der Waals surface area contributed by atoms with Crippen molar-refractivity contribution in [2.24, 2.45) is 0 Å². The highest BCUT2D eigenvalue weighted by molar-refractivity contribution is 7.99. The number of benzene rings is 1. The van der Waals surface area contributed by atoms with Gasteiger partial charge in [0.1, 0.15) is 13.2 Å². The van der Waals surface area contributed by atoms with E-state index >= 15 is 0 Å². The second-order valence-corrected chi connectivity index (χ2v) is 7.16. The van der Waals surface area contributed by atoms with E-state index in [2.05, 4.69) is 15.5 Å². The molecule has 2 aromatic rings. The van der Waals surface area contributed by atoms with Gasteiger partial charge in [0.15, 0.2) is 11.5 Å². The third-order valence-corrected chi connectivity index (χ3v) is 5.59. The summed E-state index contributed by atoms with van der Waals surface area (Å²) in [5, 5.41) is 12.2. The van der Waals surface area contributed by atoms with Crippen molar-refractivity contribution < 1.29 is 14.3 Å². The monoisotopic (exact) mass is 375 g/mol. The number of aryl methyl sites for hydroxylation is 1. The van der Waals surface area contributed by atoms with Crippen LogP contribution in [-0.2, 0) is 11.3 Å². The van der Waals surface area contributed by atoms with Crippen LogP contribution >= 0.6 is 11.8 Å². The molecule has 1 aromatic carbocycles. The van der Waals surface area contributed by atoms with E-state index in [0.29, 0.717) is 30.7 Å². The highest BCUT2D eigenvalue weighted by atomic mass is 32.2. The Morgan fingerprint density at radius 2 is 2.15 bits per heavy atom. The number of nitrogens with zero attached hydrogens (tertiary/aromatic N) is 5. The van der Waals surface area contributed by atoms with Gasteiger partial charge in [0.2, 0.25) is 11.1 Å². The maximum Gasteiger partial charge on any atom is 0.233 e. The minimum atomic E-state index is 0.0843. The van der Waals surface area contributed by atoms with Crippen molar-refractivity contribution in [1.29, 1.82) is 0 Å². The van der Waals surface area contributed by atoms with Gasteiger partial charge in [-0.05, 0) is 47.9 Å². The van der Waals surface area contributed by atoms with Crippen molar-refractivity contribution >= 4 is 17.7 Å². The van der Waals surface area contributed by atoms with Crippen LogP contribution in [0.2, 0.25) is 0 Å². The molecule has 2 aliphatic rings. The van der Waals surface area contributed by atoms with Crippen molar-refractivity contribution in [3.05, 3.63) is 23.8 Å². The van der Waals surface area contributed by atoms with Gasteiger partial charge in [-0.3, -0.25) is 4.79 Å². The summed E-state index contributed by atoms with van der Waals surface area (Å²) in [7, 11) is 0. The fraction of sp³-hybridized carbons (Fsp3) is 0.529. The zero-order chi connectivity index (χ0) is 17.9. The maximum atomic E-state index is 12.8. The minimum Gasteiger partial charge on any atom is -0.486 e. The highest BCUT2D eigenvalue weighted by Crippen LogP contribution is 2.38. The van der Waals surface area contributed by atoms with E-state index in [-0.39, 0.29) is 11.9 Å². The Bertz CT molecular complexity index is 796. The fourth-order valence-corrected chi connectivity index (χ4v) is 4.21. The highest BCUT2D eigenvalue weighted by Gasteiger charge is 2.31. The molecule has 0 aliphatic carbocycles. The molecule has 1 fully saturated rings. The van der Waals surface area contributed by atoms with Crippen LogP contribution in [0.3, 0.4) is 0 Å². The molecule has 1 saturated heterocycles. The number of likely N-dealkylation sites (tertiary alicyclic amines) is 1. The average Bonchev–Trinajstić information content (AvgIpc) is 3.34. The Balaban J connectivity index is 1.45. The lowest BCUT2D eigenvalue weighted by molar-refractivity contribution is -0.129. The van der Waals surface area contributed by atoms with Crippen molar-refractivity contribution in [3.63, 3.8) is 0 Å². The Kier molecular flexibility index (Phi) is 4.96. The zero-order valence-corrected chi connectivity index (χ0v) is 15.4. The van der Waals surface area contributed by atoms with Gasteiger partial charge >= 0.3 is 0 Å². The van der Waals surface area contributed by atoms with Crippen molar-refractivity contribution in [3.8, 4) is 11.5 Å². The third kappa shape index (κ3) is 3.35. The molecule has 0 spiro atoms. The lowest BCUT2D eigenvalue weighted by Crippen LogP contribution is -2.32. The summed E-state index contributed by atoms with van der Waals surface area (Å²) in [5.74, 6) is 1.99. The van der Waals surface area contributed by atoms with Gasteiger partial charge in [-0.1, -0.05) is 17.8 Å². The van der Waals surface area contributed by atoms with Gasteiger partial charge in [-0.15, -0.1) is 5.10 Å². The van der Waals surface area contributed by atoms with Crippen LogP contribution in [0.5, 0.6) is 11.5 Å². The lowest BCUT2D eigenvalue weighted by Gasteiger charge is -2.26. The Hall–Kier alpha value is -2.29. The summed E-state index contributed by atoms with van der Waals surface area (Å²) < 4.78 is 13.0. The second kappa shape index (κ2) is 7.53. The first-order chi connectivity index (χ1) is 12.8. The molecule has 9 heteroatoms. The third-order valence-electron chi connectivity index (χ3n) is 4.65. The summed E-state index contributed by atoms with van der Waals surface area (Å²) in [5.41, 5.74) is 1.10. The molecule has 1 amide bonds. The number of thioether (sulfide) groups is 1. The molecular weight excluding hydrogens is 354 g/mol. The molecular formula is C17H21N5O3S. The molecule has 138 valence electrons. The lowest BCUT2D eigenvalue weighted by atomic mass is 10.0. The average molecular weight is 375 g/mol. The summed E-state index contributed by atoms with van der Waals surface area (Å²) in [6.45, 7) is 4.58. The Labute approximate surface area is 155 Å². The van der Waals surface area contributed by atoms with E-state index in [1.54, 1.807) is 4.68 Å². The van der Waals surface area contributed by atoms with Crippen LogP contribution in [0.25, 0.3) is 0 Å². The number of fused-ring (bicyclic) bond motifs is 1. The van der Waals surface area contributed by atoms with Gasteiger partial charge in [-0.2, -0.15) is 0 Å². The van der Waals surface area contributed by atoms with Crippen LogP contribution < -0.4 is 9.47 Å². The number of ether oxygens (including phenoxy) is 2. The smallest absolute Gasteiger partial charge is 0.233 e. The van der Waals surface area contributed by atoms with Gasteiger partial charge in [0.05, 0.1) is 11.8 Å². The normalized spacial score (nSPS) is 19.0. The van der Waals surface area contributed by atoms with Gasteiger partial charge in [-0.25, -0.2) is 4.68 Å². The topological polar surface area (TPSA) is 82.4 Å². The first-order valence-corrected chi connectivity index (χ1v) is 9.83. The SMILES string of the molecule is CCn1nnnc1SCC(=O)N1CCC[C@@H]1c1ccc2c(c1)OCCO2. The van der Waals surface area contributed by atoms with Crippen molar-refractivity contribution in [2.45, 2.75) is 37.5 Å². The number of aromatic nitrogens is 4. The van der Waals surface area contributed by atoms with Gasteiger partial charge in [0.25, 0.3) is 0 Å². The maximum absolute atomic E-state index is 12.8. The number of hydrogen-bond donors (Lipinski definition) is 0. The van der Waals surface area contributed by atoms with Crippen LogP contribution in [0.1, 0.15) is 31.4 Å². The van der Waals surface area contributed by atoms with Crippen LogP contribution in [0.4, 0.5) is 0 Å². The number of tetrazole rings is 1. The zero-order valence-electron chi connectivity index (χ0n) is 14.6. The second-order valence-electron chi connectivity index (χ2n) is 6.21. The quantitative estimate of drug-likeness (QED) is 0.738. The van der Waals surface area contributed by atoms with Crippen molar-refractivity contribution in [2.75, 3.05) is 25.5 Å². The van der Waals surface area contributed by atoms with Gasteiger partial charge < -0.3 is 14.4 Å². The standard InChI is InChI=1S/C17H21N5O3S/c1-2-22-17(18-19-20-22)26-11-16(23)21-7-3-4-13(21)12-5-6-14-15(10-12)25-9-8-24-14/h5-6,10,13H,2-4,7-9,11H2,1H3/t13-/m1/s1. The molecule has 4 rings (SSSR count). The molecule has 0 bridgehead atoms. The molecule has 1 aromatic heterocycles. The van der Waals surface area contributed by atoms with Gasteiger partial charge in [0, 0.05) is 13.1 Å². The molecule has 0 unspecified atom stereocenters. The minimum absolute atomic E-state index is 0.0843. The van der Waals surface area contributed by atoms with E-state index in [4.69, 9.17) is 9.47 Å². The molecule has 1 atom stereocenters. The summed E-state index contributed by atoms with van der Waals surface area (Å²) in [4.78, 5) is 14.7. The predicted octanol–water partition coefficient (Wildman–Crippen LogP) is 1.92. The molecule has 0 saturated carbocycles. The molecule has 2 aliphatic heterocycles. The van der Waals surface area contributed by atoms with Crippen LogP contribution in [0.15, 0.2) is 23.4 Å². The summed E-state index contributed by atoms with van der Waals surface area (Å²) >= 11 is 1.38. The summed E-state index contributed by atoms with van der Waals surface area (Å²) in [6.07, 6.45) is 1.96. The summed E-state index contributed by atoms with van der Waals surface area (Å²) in [6, 6.07) is 6.07. The Morgan fingerprint density at radius 1 is 1.31 bits per heavy atom. The number of amides is 1. The molecule has 0 N–H and O–H groups in total. The van der Waals surface area contributed by atoms with Crippen molar-refractivity contribution in [1.82, 2.24) is 25.1 Å². The molecule has 0 radical (unpaired) electrons. The first-order valence-electron chi connectivity index (χ1n) is 8.84.